The maximum absolute atomic E-state index is 10.5. The first kappa shape index (κ1) is 8.26. The van der Waals surface area contributed by atoms with Crippen LogP contribution >= 0.6 is 33.6 Å². The minimum atomic E-state index is -3.64. The van der Waals surface area contributed by atoms with Gasteiger partial charge in [0.2, 0.25) is 0 Å². The van der Waals surface area contributed by atoms with E-state index in [1.807, 2.05) is 0 Å². The molecular formula is C3HCl2NO2S2. The van der Waals surface area contributed by atoms with E-state index in [9.17, 15) is 8.42 Å². The first-order chi connectivity index (χ1) is 4.50. The lowest BCUT2D eigenvalue weighted by Crippen LogP contribution is -1.83. The van der Waals surface area contributed by atoms with Gasteiger partial charge < -0.3 is 0 Å². The van der Waals surface area contributed by atoms with E-state index in [4.69, 9.17) is 22.3 Å². The molecule has 7 heteroatoms. The Morgan fingerprint density at radius 3 is 2.40 bits per heavy atom. The number of thiazole rings is 1. The highest BCUT2D eigenvalue weighted by atomic mass is 35.7. The van der Waals surface area contributed by atoms with Crippen molar-refractivity contribution in [2.75, 3.05) is 0 Å². The molecule has 0 N–H and O–H groups in total. The monoisotopic (exact) mass is 217 g/mol. The molecule has 0 aliphatic rings. The molecule has 0 spiro atoms. The second-order valence-electron chi connectivity index (χ2n) is 1.37. The normalized spacial score (nSPS) is 11.8. The molecule has 1 aromatic heterocycles. The third kappa shape index (κ3) is 1.82. The van der Waals surface area contributed by atoms with E-state index in [2.05, 4.69) is 4.98 Å². The quantitative estimate of drug-likeness (QED) is 0.674. The Labute approximate surface area is 71.0 Å². The van der Waals surface area contributed by atoms with Crippen LogP contribution in [-0.2, 0) is 9.05 Å². The Bertz CT molecular complexity index is 330. The zero-order valence-corrected chi connectivity index (χ0v) is 7.56. The Morgan fingerprint density at radius 2 is 2.20 bits per heavy atom. The zero-order chi connectivity index (χ0) is 7.78. The van der Waals surface area contributed by atoms with E-state index in [1.54, 1.807) is 0 Å². The lowest BCUT2D eigenvalue weighted by atomic mass is 11.0. The maximum Gasteiger partial charge on any atom is 0.272 e. The van der Waals surface area contributed by atoms with Gasteiger partial charge >= 0.3 is 0 Å². The van der Waals surface area contributed by atoms with Crippen molar-refractivity contribution in [1.82, 2.24) is 4.98 Å². The van der Waals surface area contributed by atoms with Gasteiger partial charge in [-0.3, -0.25) is 0 Å². The number of nitrogens with zero attached hydrogens (tertiary/aromatic N) is 1. The molecule has 1 aromatic rings. The van der Waals surface area contributed by atoms with Gasteiger partial charge in [-0.2, -0.15) is 0 Å². The molecule has 0 saturated heterocycles. The topological polar surface area (TPSA) is 47.0 Å². The molecule has 10 heavy (non-hydrogen) atoms. The average Bonchev–Trinajstić information content (AvgIpc) is 2.11. The van der Waals surface area contributed by atoms with Crippen molar-refractivity contribution in [3.8, 4) is 0 Å². The zero-order valence-electron chi connectivity index (χ0n) is 4.41. The van der Waals surface area contributed by atoms with Gasteiger partial charge in [-0.05, 0) is 0 Å². The Balaban J connectivity index is 3.21. The average molecular weight is 218 g/mol. The summed E-state index contributed by atoms with van der Waals surface area (Å²) in [5, 5.41) is 0. The lowest BCUT2D eigenvalue weighted by Gasteiger charge is -1.81. The van der Waals surface area contributed by atoms with Crippen molar-refractivity contribution in [1.29, 1.82) is 0 Å². The molecule has 56 valence electrons. The third-order valence-electron chi connectivity index (χ3n) is 0.697. The first-order valence-electron chi connectivity index (χ1n) is 2.06. The summed E-state index contributed by atoms with van der Waals surface area (Å²) in [4.78, 5) is 3.50. The Hall–Kier alpha value is 0.160. The van der Waals surface area contributed by atoms with Crippen LogP contribution in [0.15, 0.2) is 10.4 Å². The van der Waals surface area contributed by atoms with Crippen LogP contribution in [0.2, 0.25) is 4.47 Å². The van der Waals surface area contributed by atoms with E-state index in [1.165, 1.54) is 0 Å². The highest BCUT2D eigenvalue weighted by Crippen LogP contribution is 2.24. The van der Waals surface area contributed by atoms with Gasteiger partial charge in [0.25, 0.3) is 9.05 Å². The summed E-state index contributed by atoms with van der Waals surface area (Å²) in [7, 11) is 1.32. The fourth-order valence-electron chi connectivity index (χ4n) is 0.352. The molecule has 0 amide bonds. The van der Waals surface area contributed by atoms with E-state index < -0.39 is 9.05 Å². The standard InChI is InChI=1S/C3HCl2NO2S2/c4-3-6-1-2(9-3)10(5,7)8/h1H. The van der Waals surface area contributed by atoms with Crippen molar-refractivity contribution in [3.05, 3.63) is 10.7 Å². The molecule has 0 atom stereocenters. The van der Waals surface area contributed by atoms with Crippen LogP contribution in [0.25, 0.3) is 0 Å². The number of hydrogen-bond donors (Lipinski definition) is 0. The van der Waals surface area contributed by atoms with E-state index in [0.29, 0.717) is 0 Å². The molecule has 0 unspecified atom stereocenters. The molecule has 1 heterocycles. The predicted molar refractivity (Wildman–Crippen MR) is 40.2 cm³/mol. The number of halogens is 2. The molecule has 0 fully saturated rings. The van der Waals surface area contributed by atoms with Gasteiger partial charge in [0.1, 0.15) is 0 Å². The summed E-state index contributed by atoms with van der Waals surface area (Å²) in [6.45, 7) is 0. The lowest BCUT2D eigenvalue weighted by molar-refractivity contribution is 0.611. The first-order valence-corrected chi connectivity index (χ1v) is 5.56. The van der Waals surface area contributed by atoms with Crippen LogP contribution in [0.1, 0.15) is 0 Å². The Morgan fingerprint density at radius 1 is 1.60 bits per heavy atom. The smallest absolute Gasteiger partial charge is 0.232 e. The maximum atomic E-state index is 10.5. The van der Waals surface area contributed by atoms with Gasteiger partial charge in [-0.25, -0.2) is 13.4 Å². The highest BCUT2D eigenvalue weighted by molar-refractivity contribution is 8.15. The highest BCUT2D eigenvalue weighted by Gasteiger charge is 2.12. The van der Waals surface area contributed by atoms with Crippen molar-refractivity contribution < 1.29 is 8.42 Å². The second-order valence-corrected chi connectivity index (χ2v) is 5.78. The second kappa shape index (κ2) is 2.65. The number of aromatic nitrogens is 1. The van der Waals surface area contributed by atoms with Crippen molar-refractivity contribution in [2.45, 2.75) is 4.21 Å². The molecule has 3 nitrogen and oxygen atoms in total. The fraction of sp³-hybridized carbons (Fsp3) is 0. The summed E-state index contributed by atoms with van der Waals surface area (Å²) in [5.41, 5.74) is 0. The predicted octanol–water partition coefficient (Wildman–Crippen LogP) is 1.72. The molecule has 1 rings (SSSR count). The van der Waals surface area contributed by atoms with E-state index in [-0.39, 0.29) is 8.68 Å². The van der Waals surface area contributed by atoms with Gasteiger partial charge in [0, 0.05) is 10.7 Å². The molecule has 0 aliphatic carbocycles. The largest absolute Gasteiger partial charge is 0.272 e. The summed E-state index contributed by atoms with van der Waals surface area (Å²) < 4.78 is 21.2. The summed E-state index contributed by atoms with van der Waals surface area (Å²) in [6, 6.07) is 0. The van der Waals surface area contributed by atoms with Crippen LogP contribution in [0, 0.1) is 0 Å². The molecule has 0 radical (unpaired) electrons. The van der Waals surface area contributed by atoms with Gasteiger partial charge in [-0.15, -0.1) is 0 Å². The van der Waals surface area contributed by atoms with Crippen molar-refractivity contribution >= 4 is 42.7 Å². The van der Waals surface area contributed by atoms with Crippen LogP contribution < -0.4 is 0 Å². The Kier molecular flexibility index (Phi) is 2.19. The molecule has 0 aliphatic heterocycles. The van der Waals surface area contributed by atoms with Crippen molar-refractivity contribution in [3.63, 3.8) is 0 Å². The summed E-state index contributed by atoms with van der Waals surface area (Å²) >= 11 is 6.18. The number of hydrogen-bond acceptors (Lipinski definition) is 4. The van der Waals surface area contributed by atoms with Crippen LogP contribution in [0.4, 0.5) is 0 Å². The summed E-state index contributed by atoms with van der Waals surface area (Å²) in [6.07, 6.45) is 1.12. The minimum absolute atomic E-state index is 0.0285. The van der Waals surface area contributed by atoms with E-state index in [0.717, 1.165) is 17.5 Å². The van der Waals surface area contributed by atoms with Gasteiger partial charge in [0.05, 0.1) is 6.20 Å². The van der Waals surface area contributed by atoms with Crippen LogP contribution in [0.3, 0.4) is 0 Å². The summed E-state index contributed by atoms with van der Waals surface area (Å²) in [5.74, 6) is 0. The van der Waals surface area contributed by atoms with Crippen molar-refractivity contribution in [2.24, 2.45) is 0 Å². The molecule has 0 bridgehead atoms. The van der Waals surface area contributed by atoms with Crippen LogP contribution in [0.5, 0.6) is 0 Å². The SMILES string of the molecule is O=S(=O)(Cl)c1cnc(Cl)s1. The van der Waals surface area contributed by atoms with Gasteiger partial charge in [-0.1, -0.05) is 22.9 Å². The van der Waals surface area contributed by atoms with Crippen LogP contribution in [-0.4, -0.2) is 13.4 Å². The molecular weight excluding hydrogens is 217 g/mol. The fourth-order valence-corrected chi connectivity index (χ4v) is 2.38. The minimum Gasteiger partial charge on any atom is -0.232 e. The molecule has 0 saturated carbocycles. The van der Waals surface area contributed by atoms with Gasteiger partial charge in [0.15, 0.2) is 8.68 Å². The number of rotatable bonds is 1. The third-order valence-corrected chi connectivity index (χ3v) is 3.87. The molecule has 0 aromatic carbocycles. The van der Waals surface area contributed by atoms with E-state index >= 15 is 0 Å².